The summed E-state index contributed by atoms with van der Waals surface area (Å²) in [6.45, 7) is 1.09. The summed E-state index contributed by atoms with van der Waals surface area (Å²) in [4.78, 5) is 24.3. The summed E-state index contributed by atoms with van der Waals surface area (Å²) < 4.78 is 10.0. The Labute approximate surface area is 97.8 Å². The van der Waals surface area contributed by atoms with E-state index < -0.39 is 12.0 Å². The Bertz CT molecular complexity index is 400. The number of nitrogens with zero attached hydrogens (tertiary/aromatic N) is 1. The highest BCUT2D eigenvalue weighted by Gasteiger charge is 2.30. The zero-order valence-corrected chi connectivity index (χ0v) is 9.17. The van der Waals surface area contributed by atoms with Crippen LogP contribution in [-0.4, -0.2) is 47.7 Å². The molecule has 1 amide bonds. The minimum absolute atomic E-state index is 0.108. The molecule has 1 aliphatic heterocycles. The number of hydrogen-bond acceptors (Lipinski definition) is 4. The van der Waals surface area contributed by atoms with E-state index in [-0.39, 0.29) is 18.9 Å². The van der Waals surface area contributed by atoms with E-state index in [1.165, 1.54) is 17.4 Å². The largest absolute Gasteiger partial charge is 0.481 e. The van der Waals surface area contributed by atoms with Crippen LogP contribution in [0.25, 0.3) is 0 Å². The fourth-order valence-corrected chi connectivity index (χ4v) is 1.84. The Hall–Kier alpha value is -1.82. The molecule has 17 heavy (non-hydrogen) atoms. The Morgan fingerprint density at radius 2 is 2.35 bits per heavy atom. The van der Waals surface area contributed by atoms with Crippen molar-refractivity contribution in [2.45, 2.75) is 12.5 Å². The van der Waals surface area contributed by atoms with Gasteiger partial charge in [0, 0.05) is 6.54 Å². The molecule has 0 saturated carbocycles. The fourth-order valence-electron chi connectivity index (χ4n) is 1.84. The van der Waals surface area contributed by atoms with Gasteiger partial charge < -0.3 is 19.2 Å². The van der Waals surface area contributed by atoms with Crippen LogP contribution in [0.5, 0.6) is 0 Å². The maximum atomic E-state index is 12.1. The standard InChI is InChI=1S/C11H13NO5/c13-10(14)5-9-7-17-4-2-12(9)11(15)8-1-3-16-6-8/h1,3,6,9H,2,4-5,7H2,(H,13,14). The van der Waals surface area contributed by atoms with Crippen molar-refractivity contribution in [3.05, 3.63) is 24.2 Å². The summed E-state index contributed by atoms with van der Waals surface area (Å²) in [5.41, 5.74) is 0.433. The summed E-state index contributed by atoms with van der Waals surface area (Å²) in [6, 6.07) is 1.15. The molecule has 1 fully saturated rings. The van der Waals surface area contributed by atoms with Gasteiger partial charge in [-0.2, -0.15) is 0 Å². The number of morpholine rings is 1. The number of carboxylic acid groups (broad SMARTS) is 1. The highest BCUT2D eigenvalue weighted by molar-refractivity contribution is 5.94. The second kappa shape index (κ2) is 5.01. The van der Waals surface area contributed by atoms with E-state index in [1.54, 1.807) is 6.07 Å². The molecule has 2 heterocycles. The van der Waals surface area contributed by atoms with Gasteiger partial charge in [0.05, 0.1) is 37.5 Å². The van der Waals surface area contributed by atoms with Gasteiger partial charge in [-0.05, 0) is 6.07 Å². The molecule has 1 saturated heterocycles. The summed E-state index contributed by atoms with van der Waals surface area (Å²) in [6.07, 6.45) is 2.67. The van der Waals surface area contributed by atoms with Crippen LogP contribution in [-0.2, 0) is 9.53 Å². The van der Waals surface area contributed by atoms with Crippen molar-refractivity contribution in [2.75, 3.05) is 19.8 Å². The van der Waals surface area contributed by atoms with Gasteiger partial charge in [-0.25, -0.2) is 0 Å². The second-order valence-electron chi connectivity index (χ2n) is 3.84. The number of ether oxygens (including phenoxy) is 1. The number of rotatable bonds is 3. The predicted molar refractivity (Wildman–Crippen MR) is 56.6 cm³/mol. The molecule has 1 unspecified atom stereocenters. The van der Waals surface area contributed by atoms with Crippen molar-refractivity contribution in [2.24, 2.45) is 0 Å². The van der Waals surface area contributed by atoms with Crippen LogP contribution in [0.4, 0.5) is 0 Å². The minimum Gasteiger partial charge on any atom is -0.481 e. The third kappa shape index (κ3) is 2.65. The summed E-state index contributed by atoms with van der Waals surface area (Å²) in [5, 5.41) is 8.78. The maximum absolute atomic E-state index is 12.1. The monoisotopic (exact) mass is 239 g/mol. The van der Waals surface area contributed by atoms with Crippen LogP contribution in [0.3, 0.4) is 0 Å². The van der Waals surface area contributed by atoms with Crippen molar-refractivity contribution in [1.29, 1.82) is 0 Å². The first-order valence-corrected chi connectivity index (χ1v) is 5.31. The van der Waals surface area contributed by atoms with E-state index in [0.717, 1.165) is 0 Å². The zero-order valence-electron chi connectivity index (χ0n) is 9.17. The second-order valence-corrected chi connectivity index (χ2v) is 3.84. The van der Waals surface area contributed by atoms with Crippen LogP contribution in [0.15, 0.2) is 23.0 Å². The molecule has 92 valence electrons. The van der Waals surface area contributed by atoms with Gasteiger partial charge in [0.1, 0.15) is 6.26 Å². The van der Waals surface area contributed by atoms with Crippen LogP contribution in [0.1, 0.15) is 16.8 Å². The van der Waals surface area contributed by atoms with Crippen molar-refractivity contribution in [3.8, 4) is 0 Å². The van der Waals surface area contributed by atoms with Crippen molar-refractivity contribution in [3.63, 3.8) is 0 Å². The molecular weight excluding hydrogens is 226 g/mol. The number of carbonyl (C=O) groups excluding carboxylic acids is 1. The fraction of sp³-hybridized carbons (Fsp3) is 0.455. The minimum atomic E-state index is -0.939. The molecule has 0 aliphatic carbocycles. The Balaban J connectivity index is 2.10. The summed E-state index contributed by atoms with van der Waals surface area (Å²) in [5.74, 6) is -1.15. The van der Waals surface area contributed by atoms with Gasteiger partial charge in [0.2, 0.25) is 0 Å². The molecule has 2 rings (SSSR count). The molecule has 1 aromatic rings. The molecule has 0 spiro atoms. The molecule has 0 radical (unpaired) electrons. The third-order valence-corrected chi connectivity index (χ3v) is 2.67. The van der Waals surface area contributed by atoms with E-state index in [9.17, 15) is 9.59 Å². The van der Waals surface area contributed by atoms with E-state index >= 15 is 0 Å². The Morgan fingerprint density at radius 1 is 1.53 bits per heavy atom. The predicted octanol–water partition coefficient (Wildman–Crippen LogP) is 0.595. The van der Waals surface area contributed by atoms with E-state index in [4.69, 9.17) is 14.3 Å². The van der Waals surface area contributed by atoms with Gasteiger partial charge in [0.15, 0.2) is 0 Å². The van der Waals surface area contributed by atoms with Crippen molar-refractivity contribution >= 4 is 11.9 Å². The SMILES string of the molecule is O=C(O)CC1COCCN1C(=O)c1ccoc1. The molecule has 1 aliphatic rings. The average Bonchev–Trinajstić information content (AvgIpc) is 2.81. The number of carboxylic acids is 1. The number of furan rings is 1. The highest BCUT2D eigenvalue weighted by Crippen LogP contribution is 2.15. The lowest BCUT2D eigenvalue weighted by Gasteiger charge is -2.34. The van der Waals surface area contributed by atoms with Crippen molar-refractivity contribution in [1.82, 2.24) is 4.90 Å². The van der Waals surface area contributed by atoms with Gasteiger partial charge in [-0.3, -0.25) is 9.59 Å². The summed E-state index contributed by atoms with van der Waals surface area (Å²) in [7, 11) is 0. The van der Waals surface area contributed by atoms with Crippen molar-refractivity contribution < 1.29 is 23.8 Å². The molecular formula is C11H13NO5. The number of amides is 1. The number of carbonyl (C=O) groups is 2. The summed E-state index contributed by atoms with van der Waals surface area (Å²) >= 11 is 0. The average molecular weight is 239 g/mol. The van der Waals surface area contributed by atoms with E-state index in [2.05, 4.69) is 0 Å². The smallest absolute Gasteiger partial charge is 0.305 e. The molecule has 0 bridgehead atoms. The van der Waals surface area contributed by atoms with Gasteiger partial charge in [0.25, 0.3) is 5.91 Å². The van der Waals surface area contributed by atoms with Crippen LogP contribution < -0.4 is 0 Å². The molecule has 6 heteroatoms. The number of hydrogen-bond donors (Lipinski definition) is 1. The number of aliphatic carboxylic acids is 1. The van der Waals surface area contributed by atoms with Gasteiger partial charge in [-0.1, -0.05) is 0 Å². The lowest BCUT2D eigenvalue weighted by molar-refractivity contribution is -0.139. The topological polar surface area (TPSA) is 80.0 Å². The lowest BCUT2D eigenvalue weighted by Crippen LogP contribution is -2.49. The van der Waals surface area contributed by atoms with E-state index in [1.807, 2.05) is 0 Å². The first-order valence-electron chi connectivity index (χ1n) is 5.31. The zero-order chi connectivity index (χ0) is 12.3. The van der Waals surface area contributed by atoms with Crippen LogP contribution in [0.2, 0.25) is 0 Å². The normalized spacial score (nSPS) is 20.2. The molecule has 1 aromatic heterocycles. The first kappa shape index (κ1) is 11.7. The van der Waals surface area contributed by atoms with Gasteiger partial charge >= 0.3 is 5.97 Å². The Morgan fingerprint density at radius 3 is 3.00 bits per heavy atom. The molecule has 1 atom stereocenters. The third-order valence-electron chi connectivity index (χ3n) is 2.67. The van der Waals surface area contributed by atoms with Crippen LogP contribution >= 0.6 is 0 Å². The van der Waals surface area contributed by atoms with E-state index in [0.29, 0.717) is 18.7 Å². The highest BCUT2D eigenvalue weighted by atomic mass is 16.5. The first-order chi connectivity index (χ1) is 8.18. The van der Waals surface area contributed by atoms with Gasteiger partial charge in [-0.15, -0.1) is 0 Å². The molecule has 0 aromatic carbocycles. The molecule has 1 N–H and O–H groups in total. The Kier molecular flexibility index (Phi) is 3.43. The quantitative estimate of drug-likeness (QED) is 0.835. The van der Waals surface area contributed by atoms with Crippen LogP contribution in [0, 0.1) is 0 Å². The molecule has 6 nitrogen and oxygen atoms in total. The maximum Gasteiger partial charge on any atom is 0.305 e. The lowest BCUT2D eigenvalue weighted by atomic mass is 10.1.